The molecule has 1 N–H and O–H groups in total. The minimum Gasteiger partial charge on any atom is -0.279 e. The lowest BCUT2D eigenvalue weighted by Crippen LogP contribution is -2.14. The van der Waals surface area contributed by atoms with Crippen LogP contribution >= 0.6 is 11.6 Å². The number of hydrogen-bond donors (Lipinski definition) is 1. The molecule has 2 rings (SSSR count). The number of aryl methyl sites for hydroxylation is 2. The monoisotopic (exact) mass is 354 g/mol. The average Bonchev–Trinajstić information content (AvgIpc) is 2.44. The molecule has 0 saturated heterocycles. The molecule has 0 saturated carbocycles. The van der Waals surface area contributed by atoms with Gasteiger partial charge in [-0.25, -0.2) is 8.42 Å². The van der Waals surface area contributed by atoms with Crippen molar-refractivity contribution in [3.8, 4) is 0 Å². The minimum atomic E-state index is -3.99. The number of rotatable bonds is 4. The first-order chi connectivity index (χ1) is 10.6. The van der Waals surface area contributed by atoms with Crippen LogP contribution in [0.5, 0.6) is 0 Å². The van der Waals surface area contributed by atoms with E-state index in [4.69, 9.17) is 11.6 Å². The molecule has 0 heterocycles. The van der Waals surface area contributed by atoms with E-state index in [0.29, 0.717) is 5.69 Å². The second-order valence-corrected chi connectivity index (χ2v) is 7.32. The fourth-order valence-electron chi connectivity index (χ4n) is 2.03. The topological polar surface area (TPSA) is 89.3 Å². The summed E-state index contributed by atoms with van der Waals surface area (Å²) in [7, 11) is -3.99. The van der Waals surface area contributed by atoms with E-state index < -0.39 is 14.9 Å². The van der Waals surface area contributed by atoms with E-state index in [-0.39, 0.29) is 21.2 Å². The summed E-state index contributed by atoms with van der Waals surface area (Å²) in [6, 6.07) is 7.56. The van der Waals surface area contributed by atoms with Gasteiger partial charge in [0.1, 0.15) is 0 Å². The standard InChI is InChI=1S/C15H15ClN2O4S/c1-9-4-5-10(2)14(6-9)17-23(21,22)12-7-13(16)11(3)15(8-12)18(19)20/h4-8,17H,1-3H3. The average molecular weight is 355 g/mol. The molecule has 0 bridgehead atoms. The van der Waals surface area contributed by atoms with Crippen LogP contribution in [0.3, 0.4) is 0 Å². The number of sulfonamides is 1. The van der Waals surface area contributed by atoms with Gasteiger partial charge in [0, 0.05) is 11.6 Å². The third-order valence-electron chi connectivity index (χ3n) is 3.43. The highest BCUT2D eigenvalue weighted by Crippen LogP contribution is 2.30. The van der Waals surface area contributed by atoms with Gasteiger partial charge in [0.05, 0.1) is 20.5 Å². The van der Waals surface area contributed by atoms with Gasteiger partial charge in [0.2, 0.25) is 0 Å². The summed E-state index contributed by atoms with van der Waals surface area (Å²) in [5, 5.41) is 11.1. The van der Waals surface area contributed by atoms with Crippen LogP contribution in [0.2, 0.25) is 5.02 Å². The summed E-state index contributed by atoms with van der Waals surface area (Å²) in [5.74, 6) is 0. The molecule has 2 aromatic carbocycles. The SMILES string of the molecule is Cc1ccc(C)c(NS(=O)(=O)c2cc(Cl)c(C)c([N+](=O)[O-])c2)c1. The Kier molecular flexibility index (Phi) is 4.63. The molecule has 0 radical (unpaired) electrons. The molecule has 0 aromatic heterocycles. The summed E-state index contributed by atoms with van der Waals surface area (Å²) in [4.78, 5) is 10.1. The zero-order valence-corrected chi connectivity index (χ0v) is 14.3. The summed E-state index contributed by atoms with van der Waals surface area (Å²) < 4.78 is 27.5. The van der Waals surface area contributed by atoms with E-state index in [9.17, 15) is 18.5 Å². The highest BCUT2D eigenvalue weighted by molar-refractivity contribution is 7.92. The van der Waals surface area contributed by atoms with Crippen LogP contribution in [0.25, 0.3) is 0 Å². The van der Waals surface area contributed by atoms with Crippen LogP contribution in [0, 0.1) is 30.9 Å². The van der Waals surface area contributed by atoms with E-state index in [1.54, 1.807) is 19.1 Å². The van der Waals surface area contributed by atoms with Gasteiger partial charge in [-0.05, 0) is 44.0 Å². The predicted molar refractivity (Wildman–Crippen MR) is 89.6 cm³/mol. The molecule has 0 aliphatic carbocycles. The third kappa shape index (κ3) is 3.62. The molecule has 2 aromatic rings. The number of nitro benzene ring substituents is 1. The number of hydrogen-bond acceptors (Lipinski definition) is 4. The molecule has 0 amide bonds. The van der Waals surface area contributed by atoms with Gasteiger partial charge in [0.15, 0.2) is 0 Å². The normalized spacial score (nSPS) is 11.3. The van der Waals surface area contributed by atoms with Crippen molar-refractivity contribution in [2.45, 2.75) is 25.7 Å². The Hall–Kier alpha value is -2.12. The Morgan fingerprint density at radius 1 is 1.13 bits per heavy atom. The number of halogens is 1. The number of nitro groups is 1. The quantitative estimate of drug-likeness (QED) is 0.664. The fourth-order valence-corrected chi connectivity index (χ4v) is 3.48. The molecule has 0 fully saturated rings. The van der Waals surface area contributed by atoms with Crippen molar-refractivity contribution in [2.75, 3.05) is 4.72 Å². The fraction of sp³-hybridized carbons (Fsp3) is 0.200. The zero-order chi connectivity index (χ0) is 17.4. The lowest BCUT2D eigenvalue weighted by molar-refractivity contribution is -0.385. The maximum Gasteiger partial charge on any atom is 0.275 e. The smallest absolute Gasteiger partial charge is 0.275 e. The molecule has 0 atom stereocenters. The van der Waals surface area contributed by atoms with Crippen LogP contribution in [-0.4, -0.2) is 13.3 Å². The molecule has 0 spiro atoms. The van der Waals surface area contributed by atoms with Crippen molar-refractivity contribution in [2.24, 2.45) is 0 Å². The Balaban J connectivity index is 2.52. The number of nitrogens with one attached hydrogen (secondary N) is 1. The van der Waals surface area contributed by atoms with Crippen LogP contribution in [0.4, 0.5) is 11.4 Å². The first kappa shape index (κ1) is 17.2. The predicted octanol–water partition coefficient (Wildman–Crippen LogP) is 3.97. The summed E-state index contributed by atoms with van der Waals surface area (Å²) in [6.07, 6.45) is 0. The molecule has 23 heavy (non-hydrogen) atoms. The Labute approximate surface area is 139 Å². The minimum absolute atomic E-state index is 0.0283. The van der Waals surface area contributed by atoms with Crippen molar-refractivity contribution in [1.29, 1.82) is 0 Å². The highest BCUT2D eigenvalue weighted by atomic mass is 35.5. The van der Waals surface area contributed by atoms with Gasteiger partial charge < -0.3 is 0 Å². The Morgan fingerprint density at radius 3 is 2.39 bits per heavy atom. The van der Waals surface area contributed by atoms with E-state index in [2.05, 4.69) is 4.72 Å². The lowest BCUT2D eigenvalue weighted by atomic mass is 10.1. The van der Waals surface area contributed by atoms with Crippen molar-refractivity contribution < 1.29 is 13.3 Å². The van der Waals surface area contributed by atoms with Gasteiger partial charge >= 0.3 is 0 Å². The van der Waals surface area contributed by atoms with Crippen LogP contribution < -0.4 is 4.72 Å². The summed E-state index contributed by atoms with van der Waals surface area (Å²) in [5.41, 5.74) is 1.94. The van der Waals surface area contributed by atoms with Crippen LogP contribution in [-0.2, 0) is 10.0 Å². The van der Waals surface area contributed by atoms with Gasteiger partial charge in [-0.15, -0.1) is 0 Å². The lowest BCUT2D eigenvalue weighted by Gasteiger charge is -2.12. The Morgan fingerprint density at radius 2 is 1.78 bits per heavy atom. The number of nitrogens with zero attached hydrogens (tertiary/aromatic N) is 1. The maximum absolute atomic E-state index is 12.5. The first-order valence-corrected chi connectivity index (χ1v) is 8.52. The zero-order valence-electron chi connectivity index (χ0n) is 12.8. The highest BCUT2D eigenvalue weighted by Gasteiger charge is 2.23. The molecule has 0 aliphatic heterocycles. The van der Waals surface area contributed by atoms with Gasteiger partial charge in [-0.3, -0.25) is 14.8 Å². The van der Waals surface area contributed by atoms with Gasteiger partial charge in [0.25, 0.3) is 15.7 Å². The maximum atomic E-state index is 12.5. The number of benzene rings is 2. The van der Waals surface area contributed by atoms with Crippen molar-refractivity contribution in [3.63, 3.8) is 0 Å². The van der Waals surface area contributed by atoms with E-state index in [1.165, 1.54) is 13.0 Å². The van der Waals surface area contributed by atoms with Crippen LogP contribution in [0.1, 0.15) is 16.7 Å². The summed E-state index contributed by atoms with van der Waals surface area (Å²) >= 11 is 5.93. The van der Waals surface area contributed by atoms with Crippen molar-refractivity contribution >= 4 is 33.0 Å². The van der Waals surface area contributed by atoms with Crippen LogP contribution in [0.15, 0.2) is 35.2 Å². The molecular formula is C15H15ClN2O4S. The molecule has 122 valence electrons. The Bertz CT molecular complexity index is 895. The molecule has 0 aliphatic rings. The van der Waals surface area contributed by atoms with Crippen molar-refractivity contribution in [1.82, 2.24) is 0 Å². The van der Waals surface area contributed by atoms with E-state index >= 15 is 0 Å². The summed E-state index contributed by atoms with van der Waals surface area (Å²) in [6.45, 7) is 5.07. The largest absolute Gasteiger partial charge is 0.279 e. The molecule has 6 nitrogen and oxygen atoms in total. The third-order valence-corrected chi connectivity index (χ3v) is 5.17. The van der Waals surface area contributed by atoms with E-state index in [0.717, 1.165) is 17.2 Å². The molecular weight excluding hydrogens is 340 g/mol. The second-order valence-electron chi connectivity index (χ2n) is 5.23. The first-order valence-electron chi connectivity index (χ1n) is 6.66. The molecule has 8 heteroatoms. The van der Waals surface area contributed by atoms with Gasteiger partial charge in [-0.1, -0.05) is 23.7 Å². The van der Waals surface area contributed by atoms with Crippen molar-refractivity contribution in [3.05, 3.63) is 62.2 Å². The van der Waals surface area contributed by atoms with Gasteiger partial charge in [-0.2, -0.15) is 0 Å². The number of anilines is 1. The molecule has 0 unspecified atom stereocenters. The second kappa shape index (κ2) is 6.17. The van der Waals surface area contributed by atoms with E-state index in [1.807, 2.05) is 13.0 Å².